The maximum atomic E-state index is 13.9. The second kappa shape index (κ2) is 9.96. The van der Waals surface area contributed by atoms with Crippen LogP contribution in [0.3, 0.4) is 0 Å². The van der Waals surface area contributed by atoms with Gasteiger partial charge in [-0.3, -0.25) is 19.3 Å². The minimum Gasteiger partial charge on any atom is -0.470 e. The lowest BCUT2D eigenvalue weighted by atomic mass is 10.1. The van der Waals surface area contributed by atoms with Gasteiger partial charge in [-0.1, -0.05) is 11.6 Å². The Bertz CT molecular complexity index is 1610. The Morgan fingerprint density at radius 2 is 1.92 bits per heavy atom. The molecule has 1 N–H and O–H groups in total. The fraction of sp³-hybridized carbons (Fsp3) is 0.208. The lowest BCUT2D eigenvalue weighted by Crippen LogP contribution is -2.24. The van der Waals surface area contributed by atoms with Crippen LogP contribution in [-0.4, -0.2) is 34.6 Å². The van der Waals surface area contributed by atoms with Gasteiger partial charge in [-0.2, -0.15) is 10.2 Å². The fourth-order valence-corrected chi connectivity index (χ4v) is 3.48. The summed E-state index contributed by atoms with van der Waals surface area (Å²) in [5.74, 6) is -1.81. The first-order valence-corrected chi connectivity index (χ1v) is 11.1. The molecular weight excluding hydrogens is 508 g/mol. The second-order valence-electron chi connectivity index (χ2n) is 8.31. The van der Waals surface area contributed by atoms with Crippen LogP contribution >= 0.6 is 11.6 Å². The van der Waals surface area contributed by atoms with Crippen molar-refractivity contribution in [2.24, 2.45) is 0 Å². The van der Waals surface area contributed by atoms with E-state index in [0.717, 1.165) is 10.8 Å². The van der Waals surface area contributed by atoms with E-state index in [1.807, 2.05) is 6.07 Å². The molecular formula is C24H18ClF2N7O3. The second-order valence-corrected chi connectivity index (χ2v) is 8.69. The highest BCUT2D eigenvalue weighted by atomic mass is 35.5. The number of ether oxygens (including phenoxy) is 1. The van der Waals surface area contributed by atoms with Gasteiger partial charge in [0.1, 0.15) is 35.6 Å². The third-order valence-corrected chi connectivity index (χ3v) is 5.43. The van der Waals surface area contributed by atoms with Gasteiger partial charge >= 0.3 is 0 Å². The highest BCUT2D eigenvalue weighted by Gasteiger charge is 2.22. The Balaban J connectivity index is 1.76. The van der Waals surface area contributed by atoms with Gasteiger partial charge in [-0.25, -0.2) is 18.7 Å². The molecule has 0 atom stereocenters. The van der Waals surface area contributed by atoms with Gasteiger partial charge in [0.2, 0.25) is 5.88 Å². The largest absolute Gasteiger partial charge is 0.470 e. The third-order valence-electron chi connectivity index (χ3n) is 5.10. The molecule has 4 heterocycles. The smallest absolute Gasteiger partial charge is 0.280 e. The Morgan fingerprint density at radius 1 is 1.16 bits per heavy atom. The number of pyridine rings is 2. The molecule has 188 valence electrons. The van der Waals surface area contributed by atoms with E-state index in [-0.39, 0.29) is 34.5 Å². The van der Waals surface area contributed by atoms with Gasteiger partial charge in [-0.15, -0.1) is 0 Å². The van der Waals surface area contributed by atoms with Crippen molar-refractivity contribution in [2.45, 2.75) is 33.0 Å². The van der Waals surface area contributed by atoms with E-state index in [2.05, 4.69) is 24.9 Å². The first-order chi connectivity index (χ1) is 17.5. The molecule has 0 aliphatic heterocycles. The van der Waals surface area contributed by atoms with Crippen molar-refractivity contribution < 1.29 is 18.6 Å². The van der Waals surface area contributed by atoms with E-state index in [9.17, 15) is 23.9 Å². The minimum absolute atomic E-state index is 0.0508. The molecule has 37 heavy (non-hydrogen) atoms. The summed E-state index contributed by atoms with van der Waals surface area (Å²) in [4.78, 5) is 33.7. The summed E-state index contributed by atoms with van der Waals surface area (Å²) >= 11 is 6.23. The molecule has 10 nitrogen and oxygen atoms in total. The zero-order chi connectivity index (χ0) is 26.9. The highest BCUT2D eigenvalue weighted by molar-refractivity contribution is 6.31. The van der Waals surface area contributed by atoms with Crippen molar-refractivity contribution in [2.75, 3.05) is 0 Å². The number of aryl methyl sites for hydroxylation is 1. The van der Waals surface area contributed by atoms with E-state index in [1.165, 1.54) is 39.2 Å². The van der Waals surface area contributed by atoms with Gasteiger partial charge in [-0.05, 0) is 32.9 Å². The summed E-state index contributed by atoms with van der Waals surface area (Å²) in [5, 5.41) is 19.5. The molecule has 4 aromatic rings. The Kier molecular flexibility index (Phi) is 6.93. The predicted octanol–water partition coefficient (Wildman–Crippen LogP) is 3.40. The monoisotopic (exact) mass is 525 g/mol. The number of aliphatic hydroxyl groups is 1. The molecule has 0 saturated heterocycles. The molecule has 0 bridgehead atoms. The molecule has 0 fully saturated rings. The number of halogens is 3. The molecule has 0 aliphatic rings. The number of rotatable bonds is 6. The summed E-state index contributed by atoms with van der Waals surface area (Å²) in [6.07, 6.45) is 3.55. The predicted molar refractivity (Wildman–Crippen MR) is 127 cm³/mol. The molecule has 13 heteroatoms. The van der Waals surface area contributed by atoms with Crippen LogP contribution in [0.2, 0.25) is 5.02 Å². The van der Waals surface area contributed by atoms with E-state index in [0.29, 0.717) is 17.5 Å². The molecule has 0 saturated carbocycles. The summed E-state index contributed by atoms with van der Waals surface area (Å²) in [6.45, 7) is 4.09. The van der Waals surface area contributed by atoms with E-state index in [4.69, 9.17) is 16.3 Å². The molecule has 0 spiro atoms. The standard InChI is InChI=1S/C24H18ClF2N7O3/c1-12-32-21(37-11-18-15(27)6-14(26)10-31-18)20(25)22(35)34(12)19-7-17(30-9-13(19)8-28)16-4-5-29-23(33-16)24(2,3)36/h4-7,9-10,36H,11H2,1-3H3. The summed E-state index contributed by atoms with van der Waals surface area (Å²) in [7, 11) is 0. The first kappa shape index (κ1) is 25.7. The number of aromatic nitrogens is 6. The van der Waals surface area contributed by atoms with Crippen molar-refractivity contribution in [1.29, 1.82) is 5.26 Å². The van der Waals surface area contributed by atoms with Gasteiger partial charge in [0.05, 0.1) is 28.8 Å². The topological polar surface area (TPSA) is 140 Å². The highest BCUT2D eigenvalue weighted by Crippen LogP contribution is 2.26. The van der Waals surface area contributed by atoms with Gasteiger partial charge in [0.15, 0.2) is 16.7 Å². The zero-order valence-electron chi connectivity index (χ0n) is 19.7. The van der Waals surface area contributed by atoms with Crippen LogP contribution in [0.4, 0.5) is 8.78 Å². The van der Waals surface area contributed by atoms with Gasteiger partial charge in [0.25, 0.3) is 5.56 Å². The number of hydrogen-bond donors (Lipinski definition) is 1. The Hall–Kier alpha value is -4.34. The third kappa shape index (κ3) is 5.28. The number of hydrogen-bond acceptors (Lipinski definition) is 9. The van der Waals surface area contributed by atoms with Crippen molar-refractivity contribution in [3.63, 3.8) is 0 Å². The van der Waals surface area contributed by atoms with Crippen molar-refractivity contribution in [3.8, 4) is 29.0 Å². The van der Waals surface area contributed by atoms with Gasteiger partial charge < -0.3 is 9.84 Å². The van der Waals surface area contributed by atoms with E-state index >= 15 is 0 Å². The lowest BCUT2D eigenvalue weighted by Gasteiger charge is -2.16. The van der Waals surface area contributed by atoms with Crippen LogP contribution in [0.5, 0.6) is 5.88 Å². The summed E-state index contributed by atoms with van der Waals surface area (Å²) < 4.78 is 33.5. The first-order valence-electron chi connectivity index (χ1n) is 10.7. The lowest BCUT2D eigenvalue weighted by molar-refractivity contribution is 0.0688. The zero-order valence-corrected chi connectivity index (χ0v) is 20.5. The fourth-order valence-electron chi connectivity index (χ4n) is 3.30. The van der Waals surface area contributed by atoms with Gasteiger partial charge in [0, 0.05) is 18.5 Å². The molecule has 0 amide bonds. The average Bonchev–Trinajstić information content (AvgIpc) is 2.86. The summed E-state index contributed by atoms with van der Waals surface area (Å²) in [5.41, 5.74) is -1.45. The quantitative estimate of drug-likeness (QED) is 0.401. The van der Waals surface area contributed by atoms with Crippen LogP contribution in [0, 0.1) is 29.9 Å². The molecule has 0 aromatic carbocycles. The molecule has 0 unspecified atom stereocenters. The van der Waals surface area contributed by atoms with Crippen LogP contribution in [-0.2, 0) is 12.2 Å². The maximum absolute atomic E-state index is 13.9. The van der Waals surface area contributed by atoms with Crippen LogP contribution in [0.25, 0.3) is 17.1 Å². The molecule has 0 radical (unpaired) electrons. The molecule has 4 rings (SSSR count). The maximum Gasteiger partial charge on any atom is 0.280 e. The van der Waals surface area contributed by atoms with E-state index in [1.54, 1.807) is 6.07 Å². The number of nitrogens with zero attached hydrogens (tertiary/aromatic N) is 7. The summed E-state index contributed by atoms with van der Waals surface area (Å²) in [6, 6.07) is 5.65. The molecule has 4 aromatic heterocycles. The van der Waals surface area contributed by atoms with Crippen LogP contribution < -0.4 is 10.3 Å². The average molecular weight is 526 g/mol. The van der Waals surface area contributed by atoms with Crippen LogP contribution in [0.1, 0.15) is 36.8 Å². The minimum atomic E-state index is -1.31. The normalized spacial score (nSPS) is 11.3. The number of nitriles is 1. The van der Waals surface area contributed by atoms with Crippen molar-refractivity contribution in [3.05, 3.63) is 86.7 Å². The van der Waals surface area contributed by atoms with E-state index < -0.39 is 34.4 Å². The Labute approximate surface area is 213 Å². The molecule has 0 aliphatic carbocycles. The van der Waals surface area contributed by atoms with Crippen LogP contribution in [0.15, 0.2) is 41.6 Å². The van der Waals surface area contributed by atoms with Crippen molar-refractivity contribution in [1.82, 2.24) is 29.5 Å². The SMILES string of the molecule is Cc1nc(OCc2ncc(F)cc2F)c(Cl)c(=O)n1-c1cc(-c2ccnc(C(C)(C)O)n2)ncc1C#N. The Morgan fingerprint density at radius 3 is 2.59 bits per heavy atom. The van der Waals surface area contributed by atoms with Crippen molar-refractivity contribution >= 4 is 11.6 Å².